The van der Waals surface area contributed by atoms with E-state index in [9.17, 15) is 14.7 Å². The van der Waals surface area contributed by atoms with Crippen LogP contribution in [0, 0.1) is 0 Å². The second kappa shape index (κ2) is 13.7. The van der Waals surface area contributed by atoms with Crippen molar-refractivity contribution in [2.45, 2.75) is 38.9 Å². The van der Waals surface area contributed by atoms with Crippen LogP contribution in [0.3, 0.4) is 0 Å². The third-order valence-electron chi connectivity index (χ3n) is 7.45. The van der Waals surface area contributed by atoms with Gasteiger partial charge in [-0.15, -0.1) is 0 Å². The molecule has 11 nitrogen and oxygen atoms in total. The maximum absolute atomic E-state index is 14.2. The molecule has 0 aliphatic carbocycles. The molecule has 3 aromatic rings. The zero-order chi connectivity index (χ0) is 30.6. The van der Waals surface area contributed by atoms with Crippen LogP contribution in [0.1, 0.15) is 20.3 Å². The van der Waals surface area contributed by atoms with Crippen LogP contribution < -0.4 is 20.3 Å². The number of pyridine rings is 1. The minimum atomic E-state index is -0.337. The number of aliphatic hydroxyl groups excluding tert-OH is 1. The number of halogens is 2. The third kappa shape index (κ3) is 6.34. The maximum atomic E-state index is 14.2. The van der Waals surface area contributed by atoms with E-state index in [0.717, 1.165) is 0 Å². The highest BCUT2D eigenvalue weighted by Gasteiger charge is 2.31. The first-order chi connectivity index (χ1) is 20.1. The molecule has 1 saturated heterocycles. The molecule has 42 heavy (non-hydrogen) atoms. The molecule has 1 aliphatic rings. The highest BCUT2D eigenvalue weighted by Crippen LogP contribution is 2.45. The number of carbonyl (C=O) groups is 1. The van der Waals surface area contributed by atoms with E-state index < -0.39 is 0 Å². The number of anilines is 1. The number of hydrogen-bond acceptors (Lipinski definition) is 9. The molecule has 226 valence electrons. The van der Waals surface area contributed by atoms with E-state index in [4.69, 9.17) is 32.7 Å². The number of methoxy groups -OCH3 is 2. The molecule has 2 N–H and O–H groups in total. The van der Waals surface area contributed by atoms with E-state index in [1.807, 2.05) is 4.90 Å². The minimum absolute atomic E-state index is 0.0695. The van der Waals surface area contributed by atoms with Crippen molar-refractivity contribution in [2.75, 3.05) is 52.3 Å². The first kappa shape index (κ1) is 31.6. The van der Waals surface area contributed by atoms with Gasteiger partial charge in [0, 0.05) is 68.0 Å². The van der Waals surface area contributed by atoms with E-state index >= 15 is 0 Å². The number of rotatable bonds is 11. The average Bonchev–Trinajstić information content (AvgIpc) is 2.98. The number of piperazine rings is 1. The zero-order valence-electron chi connectivity index (χ0n) is 24.2. The maximum Gasteiger partial charge on any atom is 0.260 e. The monoisotopic (exact) mass is 618 g/mol. The summed E-state index contributed by atoms with van der Waals surface area (Å²) in [5.41, 5.74) is 0.648. The lowest BCUT2D eigenvalue weighted by molar-refractivity contribution is -0.130. The Kier molecular flexibility index (Phi) is 10.3. The van der Waals surface area contributed by atoms with Gasteiger partial charge in [-0.1, -0.05) is 29.8 Å². The van der Waals surface area contributed by atoms with Gasteiger partial charge in [-0.2, -0.15) is 4.98 Å². The quantitative estimate of drug-likeness (QED) is 0.310. The van der Waals surface area contributed by atoms with Gasteiger partial charge in [0.2, 0.25) is 11.9 Å². The van der Waals surface area contributed by atoms with Crippen molar-refractivity contribution < 1.29 is 19.4 Å². The number of aromatic nitrogens is 3. The van der Waals surface area contributed by atoms with Crippen molar-refractivity contribution in [3.05, 3.63) is 51.4 Å². The molecule has 0 saturated carbocycles. The summed E-state index contributed by atoms with van der Waals surface area (Å²) in [6.45, 7) is 10.2. The van der Waals surface area contributed by atoms with Gasteiger partial charge in [0.15, 0.2) is 0 Å². The number of fused-ring (bicyclic) bond motifs is 1. The molecule has 0 radical (unpaired) electrons. The number of aryl methyl sites for hydroxylation is 1. The number of ether oxygens (including phenoxy) is 2. The number of benzene rings is 1. The fraction of sp³-hybridized carbons (Fsp3) is 0.448. The summed E-state index contributed by atoms with van der Waals surface area (Å²) in [5.74, 6) is 0.855. The number of carbonyl (C=O) groups excluding carboxylic acids is 1. The van der Waals surface area contributed by atoms with Crippen molar-refractivity contribution in [2.24, 2.45) is 0 Å². The molecule has 1 aliphatic heterocycles. The summed E-state index contributed by atoms with van der Waals surface area (Å²) >= 11 is 13.4. The summed E-state index contributed by atoms with van der Waals surface area (Å²) in [6.07, 6.45) is 3.59. The third-order valence-corrected chi connectivity index (χ3v) is 8.20. The van der Waals surface area contributed by atoms with Crippen molar-refractivity contribution in [3.63, 3.8) is 0 Å². The Morgan fingerprint density at radius 3 is 2.36 bits per heavy atom. The van der Waals surface area contributed by atoms with E-state index in [2.05, 4.69) is 40.6 Å². The van der Waals surface area contributed by atoms with Gasteiger partial charge in [-0.05, 0) is 32.4 Å². The largest absolute Gasteiger partial charge is 0.495 e. The lowest BCUT2D eigenvalue weighted by atomic mass is 10.0. The van der Waals surface area contributed by atoms with Crippen LogP contribution >= 0.6 is 23.2 Å². The highest BCUT2D eigenvalue weighted by molar-refractivity contribution is 6.41. The topological polar surface area (TPSA) is 122 Å². The molecule has 2 unspecified atom stereocenters. The predicted octanol–water partition coefficient (Wildman–Crippen LogP) is 3.68. The first-order valence-electron chi connectivity index (χ1n) is 13.7. The lowest BCUT2D eigenvalue weighted by Crippen LogP contribution is -2.58. The van der Waals surface area contributed by atoms with E-state index in [1.165, 1.54) is 20.3 Å². The standard InChI is InChI=1S/C29H36Cl2N6O5/c1-6-23(39)35-15-17(2)36(18(3)16-35)9-7-10-37-27-19(14-33-29(34-27)32-8-11-38)12-20(28(37)40)24-25(30)21(41-4)13-22(42-5)26(24)31/h6,12-14,17-18,38H,1,7-11,15-16H2,2-5H3,(H,32,33,34). The van der Waals surface area contributed by atoms with Gasteiger partial charge in [0.25, 0.3) is 5.56 Å². The number of nitrogens with zero attached hydrogens (tertiary/aromatic N) is 5. The number of aliphatic hydroxyl groups is 1. The number of hydrogen-bond donors (Lipinski definition) is 2. The van der Waals surface area contributed by atoms with Crippen molar-refractivity contribution >= 4 is 46.1 Å². The molecule has 13 heteroatoms. The SMILES string of the molecule is C=CC(=O)N1CC(C)N(CCCn2c(=O)c(-c3c(Cl)c(OC)cc(OC)c3Cl)cc3cnc(NCCO)nc32)C(C)C1. The molecule has 0 spiro atoms. The van der Waals surface area contributed by atoms with Crippen LogP contribution in [0.2, 0.25) is 10.0 Å². The smallest absolute Gasteiger partial charge is 0.260 e. The van der Waals surface area contributed by atoms with Gasteiger partial charge in [-0.25, -0.2) is 4.98 Å². The Morgan fingerprint density at radius 1 is 1.14 bits per heavy atom. The Hall–Kier alpha value is -3.38. The van der Waals surface area contributed by atoms with Crippen LogP contribution in [0.15, 0.2) is 35.8 Å². The van der Waals surface area contributed by atoms with Gasteiger partial charge in [0.05, 0.1) is 36.4 Å². The lowest BCUT2D eigenvalue weighted by Gasteiger charge is -2.44. The summed E-state index contributed by atoms with van der Waals surface area (Å²) in [7, 11) is 2.95. The fourth-order valence-corrected chi connectivity index (χ4v) is 6.14. The Labute approximate surface area is 254 Å². The van der Waals surface area contributed by atoms with Gasteiger partial charge in [-0.3, -0.25) is 19.1 Å². The van der Waals surface area contributed by atoms with Gasteiger partial charge in [0.1, 0.15) is 17.1 Å². The molecule has 1 aromatic carbocycles. The summed E-state index contributed by atoms with van der Waals surface area (Å²) in [4.78, 5) is 39.4. The van der Waals surface area contributed by atoms with Crippen molar-refractivity contribution in [1.82, 2.24) is 24.3 Å². The van der Waals surface area contributed by atoms with Crippen LogP contribution in [-0.2, 0) is 11.3 Å². The molecule has 1 fully saturated rings. The molecule has 2 aromatic heterocycles. The minimum Gasteiger partial charge on any atom is -0.495 e. The van der Waals surface area contributed by atoms with E-state index in [0.29, 0.717) is 66.6 Å². The summed E-state index contributed by atoms with van der Waals surface area (Å²) in [5, 5.41) is 13.2. The van der Waals surface area contributed by atoms with E-state index in [1.54, 1.807) is 22.9 Å². The normalized spacial score (nSPS) is 17.4. The summed E-state index contributed by atoms with van der Waals surface area (Å²) in [6, 6.07) is 3.50. The fourth-order valence-electron chi connectivity index (χ4n) is 5.44. The number of amides is 1. The van der Waals surface area contributed by atoms with Crippen molar-refractivity contribution in [3.8, 4) is 22.6 Å². The predicted molar refractivity (Wildman–Crippen MR) is 165 cm³/mol. The van der Waals surface area contributed by atoms with Gasteiger partial charge < -0.3 is 24.8 Å². The van der Waals surface area contributed by atoms with Crippen LogP contribution in [0.4, 0.5) is 5.95 Å². The van der Waals surface area contributed by atoms with E-state index in [-0.39, 0.29) is 52.3 Å². The molecule has 2 atom stereocenters. The summed E-state index contributed by atoms with van der Waals surface area (Å²) < 4.78 is 12.5. The molecular weight excluding hydrogens is 583 g/mol. The Morgan fingerprint density at radius 2 is 1.79 bits per heavy atom. The second-order valence-electron chi connectivity index (χ2n) is 10.2. The molecule has 0 bridgehead atoms. The Bertz CT molecular complexity index is 1490. The molecular formula is C29H36Cl2N6O5. The van der Waals surface area contributed by atoms with Crippen LogP contribution in [-0.4, -0.2) is 94.4 Å². The average molecular weight is 620 g/mol. The van der Waals surface area contributed by atoms with Crippen LogP contribution in [0.5, 0.6) is 11.5 Å². The Balaban J connectivity index is 1.75. The number of nitrogens with one attached hydrogen (secondary N) is 1. The van der Waals surface area contributed by atoms with Crippen LogP contribution in [0.25, 0.3) is 22.2 Å². The molecule has 1 amide bonds. The first-order valence-corrected chi connectivity index (χ1v) is 14.4. The van der Waals surface area contributed by atoms with Gasteiger partial charge >= 0.3 is 0 Å². The van der Waals surface area contributed by atoms with Crippen molar-refractivity contribution in [1.29, 1.82) is 0 Å². The second-order valence-corrected chi connectivity index (χ2v) is 10.9. The molecule has 3 heterocycles. The zero-order valence-corrected chi connectivity index (χ0v) is 25.7. The molecule has 4 rings (SSSR count). The highest BCUT2D eigenvalue weighted by atomic mass is 35.5.